The Morgan fingerprint density at radius 3 is 2.32 bits per heavy atom. The maximum atomic E-state index is 12.5. The summed E-state index contributed by atoms with van der Waals surface area (Å²) in [5, 5.41) is 9.46. The summed E-state index contributed by atoms with van der Waals surface area (Å²) in [7, 11) is -2.50. The van der Waals surface area contributed by atoms with Crippen molar-refractivity contribution in [3.8, 4) is 0 Å². The van der Waals surface area contributed by atoms with E-state index in [0.717, 1.165) is 17.1 Å². The van der Waals surface area contributed by atoms with Crippen LogP contribution in [0.2, 0.25) is 5.02 Å². The lowest BCUT2D eigenvalue weighted by atomic mass is 10.1. The van der Waals surface area contributed by atoms with Crippen molar-refractivity contribution in [2.75, 3.05) is 20.1 Å². The summed E-state index contributed by atoms with van der Waals surface area (Å²) in [6, 6.07) is 5.69. The highest BCUT2D eigenvalue weighted by atomic mass is 35.5. The molecule has 138 valence electrons. The first kappa shape index (κ1) is 19.7. The fraction of sp³-hybridized carbons (Fsp3) is 0.500. The molecule has 0 saturated heterocycles. The van der Waals surface area contributed by atoms with Crippen molar-refractivity contribution in [3.63, 3.8) is 0 Å². The minimum Gasteiger partial charge on any atom is -0.481 e. The van der Waals surface area contributed by atoms with Crippen LogP contribution in [0.3, 0.4) is 0 Å². The Morgan fingerprint density at radius 1 is 1.28 bits per heavy atom. The summed E-state index contributed by atoms with van der Waals surface area (Å²) in [6.45, 7) is 1.26. The van der Waals surface area contributed by atoms with Crippen molar-refractivity contribution in [1.82, 2.24) is 9.21 Å². The number of nitrogens with zero attached hydrogens (tertiary/aromatic N) is 2. The third-order valence-electron chi connectivity index (χ3n) is 4.08. The van der Waals surface area contributed by atoms with Crippen LogP contribution in [0.5, 0.6) is 0 Å². The molecule has 1 aromatic carbocycles. The molecule has 0 bridgehead atoms. The molecule has 0 aromatic heterocycles. The van der Waals surface area contributed by atoms with E-state index in [0.29, 0.717) is 5.02 Å². The molecule has 0 radical (unpaired) electrons. The summed E-state index contributed by atoms with van der Waals surface area (Å²) >= 11 is 5.77. The zero-order chi connectivity index (χ0) is 18.8. The molecule has 1 amide bonds. The van der Waals surface area contributed by atoms with Crippen LogP contribution in [0, 0.1) is 5.92 Å². The molecule has 1 aliphatic rings. The van der Waals surface area contributed by atoms with Crippen LogP contribution < -0.4 is 0 Å². The molecule has 1 fully saturated rings. The van der Waals surface area contributed by atoms with Gasteiger partial charge in [-0.3, -0.25) is 9.59 Å². The minimum atomic E-state index is -3.82. The molecule has 9 heteroatoms. The molecule has 1 saturated carbocycles. The van der Waals surface area contributed by atoms with E-state index < -0.39 is 27.8 Å². The maximum Gasteiger partial charge on any atom is 0.308 e. The maximum absolute atomic E-state index is 12.5. The normalized spacial score (nSPS) is 15.8. The summed E-state index contributed by atoms with van der Waals surface area (Å²) < 4.78 is 26.0. The van der Waals surface area contributed by atoms with Crippen LogP contribution in [0.25, 0.3) is 0 Å². The van der Waals surface area contributed by atoms with E-state index in [1.165, 1.54) is 43.1 Å². The van der Waals surface area contributed by atoms with E-state index >= 15 is 0 Å². The molecule has 7 nitrogen and oxygen atoms in total. The van der Waals surface area contributed by atoms with Crippen LogP contribution in [0.1, 0.15) is 19.8 Å². The van der Waals surface area contributed by atoms with Gasteiger partial charge in [0.1, 0.15) is 0 Å². The zero-order valence-electron chi connectivity index (χ0n) is 14.1. The first-order valence-electron chi connectivity index (χ1n) is 7.87. The van der Waals surface area contributed by atoms with Gasteiger partial charge in [0.2, 0.25) is 15.9 Å². The molecule has 1 unspecified atom stereocenters. The number of sulfonamides is 1. The Morgan fingerprint density at radius 2 is 1.84 bits per heavy atom. The van der Waals surface area contributed by atoms with E-state index in [-0.39, 0.29) is 24.0 Å². The monoisotopic (exact) mass is 388 g/mol. The third-order valence-corrected chi connectivity index (χ3v) is 6.15. The lowest BCUT2D eigenvalue weighted by Gasteiger charge is -2.26. The lowest BCUT2D eigenvalue weighted by Crippen LogP contribution is -2.44. The van der Waals surface area contributed by atoms with Gasteiger partial charge in [0.15, 0.2) is 0 Å². The van der Waals surface area contributed by atoms with Gasteiger partial charge >= 0.3 is 5.97 Å². The van der Waals surface area contributed by atoms with Crippen LogP contribution in [0.15, 0.2) is 29.2 Å². The average molecular weight is 389 g/mol. The standard InChI is InChI=1S/C16H21ClN2O5S/c1-11(16(21)22)9-19(13-5-6-13)15(20)10-18(2)25(23,24)14-7-3-12(17)4-8-14/h3-4,7-8,11,13H,5-6,9-10H2,1-2H3,(H,21,22). The van der Waals surface area contributed by atoms with Gasteiger partial charge in [0.25, 0.3) is 0 Å². The van der Waals surface area contributed by atoms with Crippen molar-refractivity contribution >= 4 is 33.5 Å². The average Bonchev–Trinajstić information content (AvgIpc) is 3.37. The van der Waals surface area contributed by atoms with Crippen molar-refractivity contribution in [3.05, 3.63) is 29.3 Å². The molecule has 1 aromatic rings. The van der Waals surface area contributed by atoms with Gasteiger partial charge in [-0.05, 0) is 37.1 Å². The Labute approximate surface area is 152 Å². The summed E-state index contributed by atoms with van der Waals surface area (Å²) in [4.78, 5) is 25.1. The van der Waals surface area contributed by atoms with Crippen LogP contribution >= 0.6 is 11.6 Å². The van der Waals surface area contributed by atoms with E-state index in [2.05, 4.69) is 0 Å². The molecule has 25 heavy (non-hydrogen) atoms. The predicted octanol–water partition coefficient (Wildman–Crippen LogP) is 1.67. The number of aliphatic carboxylic acids is 1. The SMILES string of the molecule is CC(CN(C(=O)CN(C)S(=O)(=O)c1ccc(Cl)cc1)C1CC1)C(=O)O. The Kier molecular flexibility index (Phi) is 6.08. The first-order valence-corrected chi connectivity index (χ1v) is 9.69. The number of carboxylic acid groups (broad SMARTS) is 1. The largest absolute Gasteiger partial charge is 0.481 e. The zero-order valence-corrected chi connectivity index (χ0v) is 15.6. The molecule has 0 spiro atoms. The Balaban J connectivity index is 2.09. The predicted molar refractivity (Wildman–Crippen MR) is 92.8 cm³/mol. The highest BCUT2D eigenvalue weighted by Gasteiger charge is 2.36. The number of amides is 1. The summed E-state index contributed by atoms with van der Waals surface area (Å²) in [5.74, 6) is -2.08. The number of carboxylic acids is 1. The number of rotatable bonds is 8. The van der Waals surface area contributed by atoms with E-state index in [1.54, 1.807) is 0 Å². The van der Waals surface area contributed by atoms with Crippen LogP contribution in [0.4, 0.5) is 0 Å². The van der Waals surface area contributed by atoms with Gasteiger partial charge in [-0.15, -0.1) is 0 Å². The van der Waals surface area contributed by atoms with Crippen LogP contribution in [-0.2, 0) is 19.6 Å². The number of halogens is 1. The molecule has 0 heterocycles. The molecule has 1 atom stereocenters. The number of benzene rings is 1. The quantitative estimate of drug-likeness (QED) is 0.730. The molecule has 2 rings (SSSR count). The van der Waals surface area contributed by atoms with E-state index in [9.17, 15) is 18.0 Å². The number of hydrogen-bond acceptors (Lipinski definition) is 4. The fourth-order valence-electron chi connectivity index (χ4n) is 2.37. The third kappa shape index (κ3) is 4.93. The van der Waals surface area contributed by atoms with E-state index in [1.807, 2.05) is 0 Å². The summed E-state index contributed by atoms with van der Waals surface area (Å²) in [5.41, 5.74) is 0. The van der Waals surface area contributed by atoms with Gasteiger partial charge in [0.05, 0.1) is 17.4 Å². The molecule has 0 aliphatic heterocycles. The number of carbonyl (C=O) groups is 2. The second kappa shape index (κ2) is 7.72. The van der Waals surface area contributed by atoms with Gasteiger partial charge in [0, 0.05) is 24.7 Å². The second-order valence-corrected chi connectivity index (χ2v) is 8.71. The first-order chi connectivity index (χ1) is 11.6. The van der Waals surface area contributed by atoms with Gasteiger partial charge in [-0.2, -0.15) is 4.31 Å². The lowest BCUT2D eigenvalue weighted by molar-refractivity contribution is -0.143. The topological polar surface area (TPSA) is 95.0 Å². The van der Waals surface area contributed by atoms with Crippen molar-refractivity contribution in [2.24, 2.45) is 5.92 Å². The molecular weight excluding hydrogens is 368 g/mol. The van der Waals surface area contributed by atoms with Crippen molar-refractivity contribution in [2.45, 2.75) is 30.7 Å². The molecule has 1 N–H and O–H groups in total. The second-order valence-electron chi connectivity index (χ2n) is 6.23. The minimum absolute atomic E-state index is 0.000867. The van der Waals surface area contributed by atoms with Crippen molar-refractivity contribution < 1.29 is 23.1 Å². The van der Waals surface area contributed by atoms with Crippen LogP contribution in [-0.4, -0.2) is 60.8 Å². The Bertz CT molecular complexity index is 746. The molecule has 1 aliphatic carbocycles. The fourth-order valence-corrected chi connectivity index (χ4v) is 3.61. The number of likely N-dealkylation sites (N-methyl/N-ethyl adjacent to an activating group) is 1. The van der Waals surface area contributed by atoms with Crippen molar-refractivity contribution in [1.29, 1.82) is 0 Å². The number of hydrogen-bond donors (Lipinski definition) is 1. The molecular formula is C16H21ClN2O5S. The summed E-state index contributed by atoms with van der Waals surface area (Å²) in [6.07, 6.45) is 1.62. The van der Waals surface area contributed by atoms with E-state index in [4.69, 9.17) is 16.7 Å². The van der Waals surface area contributed by atoms with Gasteiger partial charge in [-0.25, -0.2) is 8.42 Å². The smallest absolute Gasteiger partial charge is 0.308 e. The van der Waals surface area contributed by atoms with Gasteiger partial charge < -0.3 is 10.0 Å². The number of carbonyl (C=O) groups excluding carboxylic acids is 1. The highest BCUT2D eigenvalue weighted by Crippen LogP contribution is 2.28. The van der Waals surface area contributed by atoms with Gasteiger partial charge in [-0.1, -0.05) is 18.5 Å². The Hall–Kier alpha value is -1.64. The highest BCUT2D eigenvalue weighted by molar-refractivity contribution is 7.89.